The average molecular weight is 439 g/mol. The number of aliphatic hydroxyl groups excluding tert-OH is 1. The molecule has 0 bridgehead atoms. The summed E-state index contributed by atoms with van der Waals surface area (Å²) < 4.78 is 43.8. The van der Waals surface area contributed by atoms with E-state index in [0.29, 0.717) is 19.0 Å². The third-order valence-electron chi connectivity index (χ3n) is 5.04. The highest BCUT2D eigenvalue weighted by atomic mass is 35.5. The number of pyridine rings is 1. The fourth-order valence-electron chi connectivity index (χ4n) is 3.66. The van der Waals surface area contributed by atoms with E-state index in [4.69, 9.17) is 11.6 Å². The van der Waals surface area contributed by atoms with E-state index in [1.165, 1.54) is 4.90 Å². The van der Waals surface area contributed by atoms with Gasteiger partial charge in [-0.3, -0.25) is 4.79 Å². The average Bonchev–Trinajstić information content (AvgIpc) is 3.08. The zero-order chi connectivity index (χ0) is 21.7. The van der Waals surface area contributed by atoms with E-state index in [1.54, 1.807) is 0 Å². The Morgan fingerprint density at radius 2 is 1.90 bits per heavy atom. The number of aromatic carboxylic acids is 1. The maximum absolute atomic E-state index is 14.9. The van der Waals surface area contributed by atoms with Gasteiger partial charge in [0, 0.05) is 25.4 Å². The van der Waals surface area contributed by atoms with Crippen LogP contribution in [0.15, 0.2) is 35.3 Å². The second-order valence-corrected chi connectivity index (χ2v) is 7.33. The molecule has 4 rings (SSSR count). The Hall–Kier alpha value is -3.04. The summed E-state index contributed by atoms with van der Waals surface area (Å²) in [6, 6.07) is 3.44. The van der Waals surface area contributed by atoms with Gasteiger partial charge in [0.1, 0.15) is 23.0 Å². The third-order valence-corrected chi connectivity index (χ3v) is 5.39. The molecule has 1 atom stereocenters. The normalized spacial score (nSPS) is 16.4. The van der Waals surface area contributed by atoms with Crippen LogP contribution in [0.4, 0.5) is 18.9 Å². The van der Waals surface area contributed by atoms with E-state index in [-0.39, 0.29) is 33.8 Å². The predicted molar refractivity (Wildman–Crippen MR) is 104 cm³/mol. The summed E-state index contributed by atoms with van der Waals surface area (Å²) in [6.45, 7) is 0.399. The molecule has 1 aliphatic heterocycles. The molecular formula is C20H14ClF3N2O4. The molecule has 10 heteroatoms. The van der Waals surface area contributed by atoms with Gasteiger partial charge in [-0.15, -0.1) is 0 Å². The molecule has 30 heavy (non-hydrogen) atoms. The fraction of sp³-hybridized carbons (Fsp3) is 0.200. The Morgan fingerprint density at radius 1 is 1.17 bits per heavy atom. The molecule has 156 valence electrons. The summed E-state index contributed by atoms with van der Waals surface area (Å²) in [5, 5.41) is 18.5. The van der Waals surface area contributed by atoms with E-state index in [2.05, 4.69) is 0 Å². The molecule has 0 aliphatic carbocycles. The maximum atomic E-state index is 14.9. The van der Waals surface area contributed by atoms with Crippen LogP contribution in [-0.2, 0) is 0 Å². The Bertz CT molecular complexity index is 1260. The molecule has 2 heterocycles. The third kappa shape index (κ3) is 3.20. The van der Waals surface area contributed by atoms with Crippen molar-refractivity contribution in [3.05, 3.63) is 68.7 Å². The SMILES string of the molecule is O=C(O)c1cn(-c2ccc(F)cc2F)c2c(Cl)c(N3CCC(O)C3)c(F)cc2c1=O. The fourth-order valence-corrected chi connectivity index (χ4v) is 4.06. The second kappa shape index (κ2) is 7.33. The number of hydrogen-bond acceptors (Lipinski definition) is 4. The van der Waals surface area contributed by atoms with Crippen molar-refractivity contribution >= 4 is 34.2 Å². The number of carbonyl (C=O) groups is 1. The number of rotatable bonds is 3. The minimum Gasteiger partial charge on any atom is -0.477 e. The van der Waals surface area contributed by atoms with Gasteiger partial charge in [-0.1, -0.05) is 11.6 Å². The number of aliphatic hydroxyl groups is 1. The number of nitrogens with zero attached hydrogens (tertiary/aromatic N) is 2. The molecule has 2 aromatic carbocycles. The Labute approximate surface area is 172 Å². The van der Waals surface area contributed by atoms with Crippen LogP contribution in [0.5, 0.6) is 0 Å². The van der Waals surface area contributed by atoms with Crippen LogP contribution >= 0.6 is 11.6 Å². The molecule has 1 aromatic heterocycles. The van der Waals surface area contributed by atoms with Gasteiger partial charge in [0.05, 0.1) is 33.4 Å². The van der Waals surface area contributed by atoms with E-state index < -0.39 is 40.5 Å². The molecule has 0 radical (unpaired) electrons. The van der Waals surface area contributed by atoms with Crippen LogP contribution in [0.3, 0.4) is 0 Å². The largest absolute Gasteiger partial charge is 0.477 e. The minimum atomic E-state index is -1.60. The maximum Gasteiger partial charge on any atom is 0.341 e. The predicted octanol–water partition coefficient (Wildman–Crippen LogP) is 3.33. The lowest BCUT2D eigenvalue weighted by molar-refractivity contribution is 0.0695. The number of carboxylic acids is 1. The first-order valence-electron chi connectivity index (χ1n) is 8.88. The van der Waals surface area contributed by atoms with Gasteiger partial charge in [-0.25, -0.2) is 18.0 Å². The van der Waals surface area contributed by atoms with Crippen molar-refractivity contribution in [2.75, 3.05) is 18.0 Å². The lowest BCUT2D eigenvalue weighted by Gasteiger charge is -2.23. The number of halogens is 4. The molecule has 0 saturated carbocycles. The molecule has 1 saturated heterocycles. The van der Waals surface area contributed by atoms with Crippen LogP contribution in [0.1, 0.15) is 16.8 Å². The van der Waals surface area contributed by atoms with Gasteiger partial charge < -0.3 is 19.7 Å². The second-order valence-electron chi connectivity index (χ2n) is 6.95. The number of fused-ring (bicyclic) bond motifs is 1. The van der Waals surface area contributed by atoms with Crippen molar-refractivity contribution in [3.63, 3.8) is 0 Å². The summed E-state index contributed by atoms with van der Waals surface area (Å²) in [4.78, 5) is 25.7. The zero-order valence-corrected chi connectivity index (χ0v) is 16.0. The number of benzene rings is 2. The number of anilines is 1. The lowest BCUT2D eigenvalue weighted by atomic mass is 10.1. The smallest absolute Gasteiger partial charge is 0.341 e. The molecule has 1 unspecified atom stereocenters. The zero-order valence-electron chi connectivity index (χ0n) is 15.2. The molecule has 6 nitrogen and oxygen atoms in total. The van der Waals surface area contributed by atoms with Crippen molar-refractivity contribution in [3.8, 4) is 5.69 Å². The first-order chi connectivity index (χ1) is 14.2. The first kappa shape index (κ1) is 20.2. The van der Waals surface area contributed by atoms with Gasteiger partial charge in [-0.05, 0) is 24.6 Å². The van der Waals surface area contributed by atoms with Gasteiger partial charge in [0.2, 0.25) is 5.43 Å². The molecule has 2 N–H and O–H groups in total. The standard InChI is InChI=1S/C20H14ClF3N2O4/c21-16-17-11(6-14(24)18(16)25-4-3-10(27)7-25)19(28)12(20(29)30)8-26(17)15-2-1-9(22)5-13(15)23/h1-2,5-6,8,10,27H,3-4,7H2,(H,29,30). The molecule has 3 aromatic rings. The molecule has 1 fully saturated rings. The quantitative estimate of drug-likeness (QED) is 0.655. The van der Waals surface area contributed by atoms with Gasteiger partial charge in [0.15, 0.2) is 0 Å². The summed E-state index contributed by atoms with van der Waals surface area (Å²) in [5.41, 5.74) is -2.23. The van der Waals surface area contributed by atoms with Crippen molar-refractivity contribution in [1.29, 1.82) is 0 Å². The highest BCUT2D eigenvalue weighted by Crippen LogP contribution is 2.38. The number of β-amino-alcohol motifs (C(OH)–C–C–N with tert-alkyl or cyclic N) is 1. The molecule has 0 spiro atoms. The lowest BCUT2D eigenvalue weighted by Crippen LogP contribution is -2.24. The first-order valence-corrected chi connectivity index (χ1v) is 9.26. The van der Waals surface area contributed by atoms with Crippen molar-refractivity contribution in [1.82, 2.24) is 4.57 Å². The van der Waals surface area contributed by atoms with Gasteiger partial charge in [-0.2, -0.15) is 0 Å². The summed E-state index contributed by atoms with van der Waals surface area (Å²) >= 11 is 6.45. The number of aromatic nitrogens is 1. The molecular weight excluding hydrogens is 425 g/mol. The van der Waals surface area contributed by atoms with E-state index in [0.717, 1.165) is 29.0 Å². The van der Waals surface area contributed by atoms with E-state index in [9.17, 15) is 33.0 Å². The highest BCUT2D eigenvalue weighted by molar-refractivity contribution is 6.38. The number of hydrogen-bond donors (Lipinski definition) is 2. The summed E-state index contributed by atoms with van der Waals surface area (Å²) in [7, 11) is 0. The van der Waals surface area contributed by atoms with Crippen LogP contribution in [0.2, 0.25) is 5.02 Å². The topological polar surface area (TPSA) is 82.8 Å². The Morgan fingerprint density at radius 3 is 2.50 bits per heavy atom. The van der Waals surface area contributed by atoms with E-state index in [1.807, 2.05) is 0 Å². The van der Waals surface area contributed by atoms with Gasteiger partial charge in [0.25, 0.3) is 0 Å². The van der Waals surface area contributed by atoms with Crippen molar-refractivity contribution in [2.24, 2.45) is 0 Å². The number of carboxylic acid groups (broad SMARTS) is 1. The molecule has 1 aliphatic rings. The van der Waals surface area contributed by atoms with E-state index >= 15 is 0 Å². The van der Waals surface area contributed by atoms with Crippen LogP contribution in [-0.4, -0.2) is 39.9 Å². The van der Waals surface area contributed by atoms with Gasteiger partial charge >= 0.3 is 5.97 Å². The van der Waals surface area contributed by atoms with Crippen LogP contribution in [0.25, 0.3) is 16.6 Å². The summed E-state index contributed by atoms with van der Waals surface area (Å²) in [6.07, 6.45) is 0.559. The van der Waals surface area contributed by atoms with Crippen molar-refractivity contribution < 1.29 is 28.2 Å². The molecule has 0 amide bonds. The highest BCUT2D eigenvalue weighted by Gasteiger charge is 2.28. The Balaban J connectivity index is 2.12. The Kier molecular flexibility index (Phi) is 4.95. The van der Waals surface area contributed by atoms with Crippen molar-refractivity contribution in [2.45, 2.75) is 12.5 Å². The monoisotopic (exact) mass is 438 g/mol. The summed E-state index contributed by atoms with van der Waals surface area (Å²) in [5.74, 6) is -4.37. The van der Waals surface area contributed by atoms with Crippen LogP contribution in [0, 0.1) is 17.5 Å². The van der Waals surface area contributed by atoms with Crippen LogP contribution < -0.4 is 10.3 Å². The minimum absolute atomic E-state index is 0.0977.